The number of carboxylic acids is 1. The molecule has 0 aliphatic heterocycles. The van der Waals surface area contributed by atoms with Crippen molar-refractivity contribution in [3.05, 3.63) is 30.1 Å². The largest absolute Gasteiger partial charge is 0.481 e. The van der Waals surface area contributed by atoms with Crippen molar-refractivity contribution in [2.45, 2.75) is 31.8 Å². The molecule has 1 heterocycles. The van der Waals surface area contributed by atoms with E-state index in [1.807, 2.05) is 12.1 Å². The Morgan fingerprint density at radius 3 is 2.86 bits per heavy atom. The highest BCUT2D eigenvalue weighted by atomic mass is 16.4. The van der Waals surface area contributed by atoms with Gasteiger partial charge >= 0.3 is 12.0 Å². The van der Waals surface area contributed by atoms with Gasteiger partial charge < -0.3 is 15.7 Å². The van der Waals surface area contributed by atoms with Gasteiger partial charge in [-0.05, 0) is 42.7 Å². The first kappa shape index (κ1) is 13.9. The molecular formula is C15H19N3O3. The summed E-state index contributed by atoms with van der Waals surface area (Å²) in [7, 11) is 0. The summed E-state index contributed by atoms with van der Waals surface area (Å²) >= 11 is 0. The molecule has 112 valence electrons. The summed E-state index contributed by atoms with van der Waals surface area (Å²) < 4.78 is 0. The molecule has 2 bridgehead atoms. The topological polar surface area (TPSA) is 91.3 Å². The van der Waals surface area contributed by atoms with E-state index in [9.17, 15) is 14.7 Å². The lowest BCUT2D eigenvalue weighted by Gasteiger charge is -2.28. The first-order chi connectivity index (χ1) is 10.1. The molecule has 4 atom stereocenters. The van der Waals surface area contributed by atoms with Gasteiger partial charge in [0.05, 0.1) is 5.92 Å². The Kier molecular flexibility index (Phi) is 3.77. The first-order valence-electron chi connectivity index (χ1n) is 7.31. The van der Waals surface area contributed by atoms with Crippen LogP contribution >= 0.6 is 0 Å². The fourth-order valence-electron chi connectivity index (χ4n) is 3.74. The second-order valence-corrected chi connectivity index (χ2v) is 5.91. The highest BCUT2D eigenvalue weighted by molar-refractivity contribution is 5.77. The number of hydrogen-bond donors (Lipinski definition) is 3. The number of urea groups is 1. The molecule has 0 saturated heterocycles. The number of rotatable bonds is 4. The molecule has 0 spiro atoms. The smallest absolute Gasteiger partial charge is 0.315 e. The first-order valence-corrected chi connectivity index (χ1v) is 7.31. The second kappa shape index (κ2) is 5.71. The van der Waals surface area contributed by atoms with Crippen molar-refractivity contribution >= 4 is 12.0 Å². The van der Waals surface area contributed by atoms with Gasteiger partial charge in [-0.25, -0.2) is 4.79 Å². The second-order valence-electron chi connectivity index (χ2n) is 5.91. The number of aliphatic carboxylic acids is 1. The number of carbonyl (C=O) groups excluding carboxylic acids is 1. The summed E-state index contributed by atoms with van der Waals surface area (Å²) in [5.74, 6) is -0.705. The van der Waals surface area contributed by atoms with Crippen molar-refractivity contribution in [1.29, 1.82) is 0 Å². The molecule has 2 fully saturated rings. The normalized spacial score (nSPS) is 30.1. The van der Waals surface area contributed by atoms with E-state index in [1.165, 1.54) is 0 Å². The summed E-state index contributed by atoms with van der Waals surface area (Å²) in [5.41, 5.74) is 0.912. The molecular weight excluding hydrogens is 270 g/mol. The highest BCUT2D eigenvalue weighted by Gasteiger charge is 2.51. The number of amides is 2. The molecule has 0 radical (unpaired) electrons. The van der Waals surface area contributed by atoms with Crippen molar-refractivity contribution in [2.75, 3.05) is 0 Å². The molecule has 2 aliphatic rings. The van der Waals surface area contributed by atoms with Crippen molar-refractivity contribution in [1.82, 2.24) is 15.6 Å². The molecule has 2 aliphatic carbocycles. The van der Waals surface area contributed by atoms with Crippen LogP contribution in [0.4, 0.5) is 4.79 Å². The minimum atomic E-state index is -0.792. The standard InChI is InChI=1S/C15H19N3O3/c19-14(20)12-10-3-4-11(6-10)13(12)18-15(21)17-8-9-2-1-5-16-7-9/h1-2,5,7,10-13H,3-4,6,8H2,(H,19,20)(H2,17,18,21). The number of carboxylic acid groups (broad SMARTS) is 1. The average Bonchev–Trinajstić information content (AvgIpc) is 3.07. The zero-order valence-electron chi connectivity index (χ0n) is 11.7. The van der Waals surface area contributed by atoms with E-state index in [0.29, 0.717) is 12.5 Å². The number of carbonyl (C=O) groups is 2. The van der Waals surface area contributed by atoms with E-state index in [4.69, 9.17) is 0 Å². The predicted octanol–water partition coefficient (Wildman–Crippen LogP) is 1.38. The quantitative estimate of drug-likeness (QED) is 0.781. The van der Waals surface area contributed by atoms with Crippen molar-refractivity contribution in [2.24, 2.45) is 17.8 Å². The maximum absolute atomic E-state index is 12.0. The molecule has 6 heteroatoms. The van der Waals surface area contributed by atoms with Crippen molar-refractivity contribution in [3.8, 4) is 0 Å². The third kappa shape index (κ3) is 2.84. The third-order valence-corrected chi connectivity index (χ3v) is 4.68. The summed E-state index contributed by atoms with van der Waals surface area (Å²) in [6.07, 6.45) is 6.28. The number of nitrogens with one attached hydrogen (secondary N) is 2. The lowest BCUT2D eigenvalue weighted by Crippen LogP contribution is -2.50. The van der Waals surface area contributed by atoms with Gasteiger partial charge in [0, 0.05) is 25.0 Å². The van der Waals surface area contributed by atoms with Crippen molar-refractivity contribution in [3.63, 3.8) is 0 Å². The van der Waals surface area contributed by atoms with E-state index in [1.54, 1.807) is 12.4 Å². The lowest BCUT2D eigenvalue weighted by molar-refractivity contribution is -0.144. The Morgan fingerprint density at radius 2 is 2.14 bits per heavy atom. The van der Waals surface area contributed by atoms with Crippen LogP contribution in [0.3, 0.4) is 0 Å². The van der Waals surface area contributed by atoms with E-state index in [-0.39, 0.29) is 18.0 Å². The molecule has 0 aromatic carbocycles. The Labute approximate surface area is 123 Å². The number of pyridine rings is 1. The fourth-order valence-corrected chi connectivity index (χ4v) is 3.74. The number of hydrogen-bond acceptors (Lipinski definition) is 3. The maximum Gasteiger partial charge on any atom is 0.315 e. The summed E-state index contributed by atoms with van der Waals surface area (Å²) in [5, 5.41) is 15.0. The minimum absolute atomic E-state index is 0.219. The van der Waals surface area contributed by atoms with E-state index in [0.717, 1.165) is 24.8 Å². The van der Waals surface area contributed by atoms with Crippen molar-refractivity contribution < 1.29 is 14.7 Å². The highest BCUT2D eigenvalue weighted by Crippen LogP contribution is 2.48. The van der Waals surface area contributed by atoms with Crippen LogP contribution in [-0.2, 0) is 11.3 Å². The Hall–Kier alpha value is -2.11. The third-order valence-electron chi connectivity index (χ3n) is 4.68. The molecule has 2 amide bonds. The summed E-state index contributed by atoms with van der Waals surface area (Å²) in [4.78, 5) is 27.3. The van der Waals surface area contributed by atoms with Gasteiger partial charge in [-0.2, -0.15) is 0 Å². The minimum Gasteiger partial charge on any atom is -0.481 e. The molecule has 1 aromatic rings. The Bertz CT molecular complexity index is 534. The zero-order valence-corrected chi connectivity index (χ0v) is 11.7. The average molecular weight is 289 g/mol. The molecule has 3 N–H and O–H groups in total. The molecule has 1 aromatic heterocycles. The molecule has 2 saturated carbocycles. The van der Waals surface area contributed by atoms with E-state index >= 15 is 0 Å². The molecule has 3 rings (SSSR count). The molecule has 4 unspecified atom stereocenters. The van der Waals surface area contributed by atoms with Gasteiger partial charge in [0.25, 0.3) is 0 Å². The molecule has 21 heavy (non-hydrogen) atoms. The fraction of sp³-hybridized carbons (Fsp3) is 0.533. The van der Waals surface area contributed by atoms with Crippen LogP contribution < -0.4 is 10.6 Å². The summed E-state index contributed by atoms with van der Waals surface area (Å²) in [6.45, 7) is 0.387. The zero-order chi connectivity index (χ0) is 14.8. The SMILES string of the molecule is O=C(NCc1cccnc1)NC1C2CCC(C2)C1C(=O)O. The van der Waals surface area contributed by atoms with Crippen LogP contribution in [0, 0.1) is 17.8 Å². The van der Waals surface area contributed by atoms with Gasteiger partial charge in [-0.1, -0.05) is 6.07 Å². The van der Waals surface area contributed by atoms with Gasteiger partial charge in [-0.15, -0.1) is 0 Å². The van der Waals surface area contributed by atoms with Crippen LogP contribution in [0.1, 0.15) is 24.8 Å². The number of aromatic nitrogens is 1. The Balaban J connectivity index is 1.56. The van der Waals surface area contributed by atoms with Crippen LogP contribution in [-0.4, -0.2) is 28.1 Å². The number of nitrogens with zero attached hydrogens (tertiary/aromatic N) is 1. The van der Waals surface area contributed by atoms with Gasteiger partial charge in [0.1, 0.15) is 0 Å². The van der Waals surface area contributed by atoms with E-state index < -0.39 is 11.9 Å². The Morgan fingerprint density at radius 1 is 1.33 bits per heavy atom. The number of fused-ring (bicyclic) bond motifs is 2. The van der Waals surface area contributed by atoms with Gasteiger partial charge in [-0.3, -0.25) is 9.78 Å². The van der Waals surface area contributed by atoms with Gasteiger partial charge in [0.15, 0.2) is 0 Å². The summed E-state index contributed by atoms with van der Waals surface area (Å²) in [6, 6.07) is 3.15. The predicted molar refractivity (Wildman–Crippen MR) is 75.4 cm³/mol. The maximum atomic E-state index is 12.0. The van der Waals surface area contributed by atoms with Gasteiger partial charge in [0.2, 0.25) is 0 Å². The van der Waals surface area contributed by atoms with E-state index in [2.05, 4.69) is 15.6 Å². The monoisotopic (exact) mass is 289 g/mol. The molecule has 6 nitrogen and oxygen atoms in total. The van der Waals surface area contributed by atoms with Crippen LogP contribution in [0.25, 0.3) is 0 Å². The lowest BCUT2D eigenvalue weighted by atomic mass is 9.84. The van der Waals surface area contributed by atoms with Crippen LogP contribution in [0.2, 0.25) is 0 Å². The van der Waals surface area contributed by atoms with Crippen LogP contribution in [0.15, 0.2) is 24.5 Å². The van der Waals surface area contributed by atoms with Crippen LogP contribution in [0.5, 0.6) is 0 Å².